The lowest BCUT2D eigenvalue weighted by molar-refractivity contribution is -0.147. The molecule has 5 nitrogen and oxygen atoms in total. The van der Waals surface area contributed by atoms with E-state index in [1.54, 1.807) is 6.92 Å². The van der Waals surface area contributed by atoms with Gasteiger partial charge in [0.1, 0.15) is 13.2 Å². The molecular formula is C17H29NO4. The number of hydrogen-bond donors (Lipinski definition) is 1. The Morgan fingerprint density at radius 3 is 2.05 bits per heavy atom. The minimum Gasteiger partial charge on any atom is -0.459 e. The lowest BCUT2D eigenvalue weighted by Crippen LogP contribution is -2.22. The zero-order valence-electron chi connectivity index (χ0n) is 14.2. The van der Waals surface area contributed by atoms with Gasteiger partial charge >= 0.3 is 11.9 Å². The Labute approximate surface area is 133 Å². The maximum atomic E-state index is 12.3. The largest absolute Gasteiger partial charge is 0.459 e. The molecule has 0 amide bonds. The first-order chi connectivity index (χ1) is 10.4. The zero-order valence-corrected chi connectivity index (χ0v) is 14.2. The fraction of sp³-hybridized carbons (Fsp3) is 0.647. The van der Waals surface area contributed by atoms with Gasteiger partial charge in [0.25, 0.3) is 0 Å². The van der Waals surface area contributed by atoms with Crippen LogP contribution in [0.2, 0.25) is 0 Å². The summed E-state index contributed by atoms with van der Waals surface area (Å²) in [5.41, 5.74) is 7.46. The Bertz CT molecular complexity index is 426. The summed E-state index contributed by atoms with van der Waals surface area (Å²) in [5, 5.41) is 0. The van der Waals surface area contributed by atoms with Gasteiger partial charge in [-0.15, -0.1) is 0 Å². The van der Waals surface area contributed by atoms with E-state index in [0.29, 0.717) is 23.3 Å². The van der Waals surface area contributed by atoms with Crippen LogP contribution in [0.3, 0.4) is 0 Å². The molecule has 0 aromatic carbocycles. The summed E-state index contributed by atoms with van der Waals surface area (Å²) in [5.74, 6) is -0.793. The first-order valence-corrected chi connectivity index (χ1v) is 7.87. The first-order valence-electron chi connectivity index (χ1n) is 7.87. The van der Waals surface area contributed by atoms with Crippen molar-refractivity contribution in [2.45, 2.75) is 53.4 Å². The van der Waals surface area contributed by atoms with E-state index in [4.69, 9.17) is 15.2 Å². The summed E-state index contributed by atoms with van der Waals surface area (Å²) in [4.78, 5) is 23.5. The normalized spacial score (nSPS) is 13.1. The highest BCUT2D eigenvalue weighted by Crippen LogP contribution is 2.24. The van der Waals surface area contributed by atoms with E-state index in [0.717, 1.165) is 19.3 Å². The van der Waals surface area contributed by atoms with Crippen LogP contribution in [0, 0.1) is 5.92 Å². The number of nitrogens with two attached hydrogens (primary N) is 1. The predicted octanol–water partition coefficient (Wildman–Crippen LogP) is 3.10. The van der Waals surface area contributed by atoms with Crippen molar-refractivity contribution in [3.63, 3.8) is 0 Å². The van der Waals surface area contributed by atoms with Crippen LogP contribution in [0.4, 0.5) is 0 Å². The molecule has 0 bridgehead atoms. The fourth-order valence-electron chi connectivity index (χ4n) is 2.12. The standard InChI is InChI=1S/C17H29NO4/c1-6-9-13(7-2)15(14(18)8-3)17(20)22-11-10-21-16(19)12(4)5/h13H,4,6-11,18H2,1-3,5H3. The summed E-state index contributed by atoms with van der Waals surface area (Å²) < 4.78 is 10.1. The SMILES string of the molecule is C=C(C)C(=O)OCCOC(=O)C(=C(N)CC)C(CC)CCC. The van der Waals surface area contributed by atoms with Crippen LogP contribution in [-0.2, 0) is 19.1 Å². The van der Waals surface area contributed by atoms with Gasteiger partial charge in [0.05, 0.1) is 5.57 Å². The number of allylic oxidation sites excluding steroid dienone is 1. The van der Waals surface area contributed by atoms with Gasteiger partial charge in [0.15, 0.2) is 0 Å². The lowest BCUT2D eigenvalue weighted by Gasteiger charge is -2.19. The van der Waals surface area contributed by atoms with E-state index in [9.17, 15) is 9.59 Å². The molecule has 2 N–H and O–H groups in total. The molecule has 0 rings (SSSR count). The molecule has 0 aliphatic carbocycles. The van der Waals surface area contributed by atoms with E-state index in [2.05, 4.69) is 13.5 Å². The molecule has 0 aliphatic rings. The van der Waals surface area contributed by atoms with E-state index in [-0.39, 0.29) is 19.1 Å². The molecular weight excluding hydrogens is 282 g/mol. The minimum absolute atomic E-state index is 0.0148. The Balaban J connectivity index is 4.67. The number of hydrogen-bond acceptors (Lipinski definition) is 5. The van der Waals surface area contributed by atoms with Crippen molar-refractivity contribution in [2.24, 2.45) is 11.7 Å². The monoisotopic (exact) mass is 311 g/mol. The molecule has 0 radical (unpaired) electrons. The fourth-order valence-corrected chi connectivity index (χ4v) is 2.12. The van der Waals surface area contributed by atoms with Crippen LogP contribution in [-0.4, -0.2) is 25.2 Å². The molecule has 0 aromatic rings. The Hall–Kier alpha value is -1.78. The Morgan fingerprint density at radius 1 is 1.09 bits per heavy atom. The summed E-state index contributed by atoms with van der Waals surface area (Å²) in [7, 11) is 0. The van der Waals surface area contributed by atoms with Crippen molar-refractivity contribution in [3.05, 3.63) is 23.4 Å². The van der Waals surface area contributed by atoms with Crippen LogP contribution in [0.5, 0.6) is 0 Å². The molecule has 0 heterocycles. The molecule has 0 aliphatic heterocycles. The topological polar surface area (TPSA) is 78.6 Å². The predicted molar refractivity (Wildman–Crippen MR) is 86.9 cm³/mol. The maximum Gasteiger partial charge on any atom is 0.336 e. The average molecular weight is 311 g/mol. The van der Waals surface area contributed by atoms with Crippen LogP contribution in [0.25, 0.3) is 0 Å². The summed E-state index contributed by atoms with van der Waals surface area (Å²) in [6.45, 7) is 11.1. The highest BCUT2D eigenvalue weighted by Gasteiger charge is 2.23. The molecule has 22 heavy (non-hydrogen) atoms. The van der Waals surface area contributed by atoms with Gasteiger partial charge in [0, 0.05) is 11.3 Å². The Morgan fingerprint density at radius 2 is 1.64 bits per heavy atom. The first kappa shape index (κ1) is 20.2. The number of esters is 2. The van der Waals surface area contributed by atoms with Crippen LogP contribution >= 0.6 is 0 Å². The van der Waals surface area contributed by atoms with E-state index in [1.807, 2.05) is 13.8 Å². The van der Waals surface area contributed by atoms with Gasteiger partial charge in [-0.3, -0.25) is 0 Å². The third-order valence-corrected chi connectivity index (χ3v) is 3.38. The lowest BCUT2D eigenvalue weighted by atomic mass is 9.90. The number of carbonyl (C=O) groups excluding carboxylic acids is 2. The molecule has 5 heteroatoms. The van der Waals surface area contributed by atoms with Crippen molar-refractivity contribution in [1.82, 2.24) is 0 Å². The second kappa shape index (κ2) is 10.9. The van der Waals surface area contributed by atoms with Gasteiger partial charge in [0.2, 0.25) is 0 Å². The number of rotatable bonds is 10. The van der Waals surface area contributed by atoms with Crippen molar-refractivity contribution < 1.29 is 19.1 Å². The van der Waals surface area contributed by atoms with Gasteiger partial charge in [-0.25, -0.2) is 9.59 Å². The number of ether oxygens (including phenoxy) is 2. The summed E-state index contributed by atoms with van der Waals surface area (Å²) in [6.07, 6.45) is 3.31. The number of carbonyl (C=O) groups is 2. The third kappa shape index (κ3) is 6.78. The van der Waals surface area contributed by atoms with E-state index >= 15 is 0 Å². The van der Waals surface area contributed by atoms with Gasteiger partial charge in [-0.1, -0.05) is 33.8 Å². The minimum atomic E-state index is -0.489. The molecule has 1 atom stereocenters. The van der Waals surface area contributed by atoms with Crippen LogP contribution in [0.15, 0.2) is 23.4 Å². The van der Waals surface area contributed by atoms with Crippen molar-refractivity contribution >= 4 is 11.9 Å². The average Bonchev–Trinajstić information content (AvgIpc) is 2.50. The smallest absolute Gasteiger partial charge is 0.336 e. The second-order valence-electron chi connectivity index (χ2n) is 5.24. The molecule has 0 saturated carbocycles. The summed E-state index contributed by atoms with van der Waals surface area (Å²) >= 11 is 0. The highest BCUT2D eigenvalue weighted by atomic mass is 16.6. The maximum absolute atomic E-state index is 12.3. The molecule has 0 fully saturated rings. The molecule has 0 spiro atoms. The second-order valence-corrected chi connectivity index (χ2v) is 5.24. The van der Waals surface area contributed by atoms with Crippen molar-refractivity contribution in [3.8, 4) is 0 Å². The highest BCUT2D eigenvalue weighted by molar-refractivity contribution is 5.90. The summed E-state index contributed by atoms with van der Waals surface area (Å²) in [6, 6.07) is 0. The molecule has 126 valence electrons. The van der Waals surface area contributed by atoms with E-state index in [1.165, 1.54) is 0 Å². The van der Waals surface area contributed by atoms with Crippen LogP contribution in [0.1, 0.15) is 53.4 Å². The zero-order chi connectivity index (χ0) is 17.1. The van der Waals surface area contributed by atoms with Gasteiger partial charge in [-0.05, 0) is 32.1 Å². The quantitative estimate of drug-likeness (QED) is 0.381. The van der Waals surface area contributed by atoms with Gasteiger partial charge < -0.3 is 15.2 Å². The van der Waals surface area contributed by atoms with Crippen LogP contribution < -0.4 is 5.73 Å². The van der Waals surface area contributed by atoms with E-state index < -0.39 is 11.9 Å². The van der Waals surface area contributed by atoms with Gasteiger partial charge in [-0.2, -0.15) is 0 Å². The molecule has 1 unspecified atom stereocenters. The third-order valence-electron chi connectivity index (χ3n) is 3.38. The Kier molecular flexibility index (Phi) is 10.00. The van der Waals surface area contributed by atoms with Crippen molar-refractivity contribution in [2.75, 3.05) is 13.2 Å². The molecule has 0 aromatic heterocycles. The van der Waals surface area contributed by atoms with Crippen molar-refractivity contribution in [1.29, 1.82) is 0 Å². The molecule has 0 saturated heterocycles.